The summed E-state index contributed by atoms with van der Waals surface area (Å²) in [7, 11) is 0. The number of aromatic nitrogens is 3. The maximum absolute atomic E-state index is 12.4. The van der Waals surface area contributed by atoms with Gasteiger partial charge in [-0.05, 0) is 55.5 Å². The van der Waals surface area contributed by atoms with Crippen LogP contribution in [0.4, 0.5) is 10.5 Å². The third-order valence-corrected chi connectivity index (χ3v) is 7.19. The van der Waals surface area contributed by atoms with Crippen LogP contribution >= 0.6 is 0 Å². The third-order valence-electron chi connectivity index (χ3n) is 7.19. The number of carbonyl (C=O) groups is 1. The first kappa shape index (κ1) is 25.4. The molecule has 1 fully saturated rings. The van der Waals surface area contributed by atoms with Crippen molar-refractivity contribution in [1.82, 2.24) is 19.5 Å². The molecule has 1 aliphatic heterocycles. The van der Waals surface area contributed by atoms with Crippen molar-refractivity contribution in [2.75, 3.05) is 31.1 Å². The minimum atomic E-state index is -0.488. The van der Waals surface area contributed by atoms with Crippen molar-refractivity contribution in [2.45, 2.75) is 26.4 Å². The fourth-order valence-electron chi connectivity index (χ4n) is 5.18. The molecule has 0 radical (unpaired) electrons. The van der Waals surface area contributed by atoms with Gasteiger partial charge in [0.25, 0.3) is 0 Å². The van der Waals surface area contributed by atoms with Gasteiger partial charge in [-0.15, -0.1) is 0 Å². The van der Waals surface area contributed by atoms with Crippen LogP contribution in [0.25, 0.3) is 38.7 Å². The zero-order valence-corrected chi connectivity index (χ0v) is 22.8. The first-order chi connectivity index (χ1) is 19.3. The summed E-state index contributed by atoms with van der Waals surface area (Å²) < 4.78 is 7.32. The number of anilines is 1. The van der Waals surface area contributed by atoms with Gasteiger partial charge in [0.1, 0.15) is 5.60 Å². The van der Waals surface area contributed by atoms with Gasteiger partial charge < -0.3 is 14.5 Å². The Bertz CT molecular complexity index is 1750. The highest BCUT2D eigenvalue weighted by molar-refractivity contribution is 6.02. The van der Waals surface area contributed by atoms with E-state index in [1.165, 1.54) is 0 Å². The van der Waals surface area contributed by atoms with Crippen molar-refractivity contribution in [3.8, 4) is 28.3 Å². The lowest BCUT2D eigenvalue weighted by atomic mass is 9.97. The smallest absolute Gasteiger partial charge is 0.410 e. The zero-order chi connectivity index (χ0) is 27.9. The highest BCUT2D eigenvalue weighted by atomic mass is 16.6. The van der Waals surface area contributed by atoms with Crippen LogP contribution in [-0.4, -0.2) is 57.4 Å². The van der Waals surface area contributed by atoms with Crippen LogP contribution in [0.3, 0.4) is 0 Å². The van der Waals surface area contributed by atoms with Gasteiger partial charge in [0.05, 0.1) is 17.8 Å². The van der Waals surface area contributed by atoms with Crippen molar-refractivity contribution >= 4 is 28.2 Å². The Kier molecular flexibility index (Phi) is 6.35. The molecule has 200 valence electrons. The number of fused-ring (bicyclic) bond motifs is 2. The van der Waals surface area contributed by atoms with E-state index in [2.05, 4.69) is 40.3 Å². The largest absolute Gasteiger partial charge is 0.444 e. The fraction of sp³-hybridized carbons (Fsp3) is 0.250. The average molecular weight is 531 g/mol. The Hall–Kier alpha value is -4.90. The van der Waals surface area contributed by atoms with Crippen molar-refractivity contribution in [1.29, 1.82) is 5.26 Å². The topological polar surface area (TPSA) is 86.8 Å². The Morgan fingerprint density at radius 2 is 1.60 bits per heavy atom. The molecule has 0 N–H and O–H groups in total. The molecule has 0 atom stereocenters. The van der Waals surface area contributed by atoms with Gasteiger partial charge in [-0.1, -0.05) is 42.5 Å². The van der Waals surface area contributed by atoms with E-state index in [1.54, 1.807) is 9.42 Å². The molecule has 0 spiro atoms. The molecule has 8 heteroatoms. The van der Waals surface area contributed by atoms with Crippen molar-refractivity contribution in [2.24, 2.45) is 0 Å². The molecule has 0 unspecified atom stereocenters. The molecule has 1 amide bonds. The average Bonchev–Trinajstić information content (AvgIpc) is 3.39. The van der Waals surface area contributed by atoms with Gasteiger partial charge >= 0.3 is 6.09 Å². The highest BCUT2D eigenvalue weighted by Gasteiger charge is 2.26. The Labute approximate surface area is 233 Å². The molecular formula is C32H30N6O2. The van der Waals surface area contributed by atoms with Gasteiger partial charge in [0.15, 0.2) is 5.65 Å². The minimum absolute atomic E-state index is 0.250. The second-order valence-electron chi connectivity index (χ2n) is 11.0. The monoisotopic (exact) mass is 530 g/mol. The summed E-state index contributed by atoms with van der Waals surface area (Å²) in [6.45, 7) is 8.44. The van der Waals surface area contributed by atoms with Crippen LogP contribution in [0.5, 0.6) is 0 Å². The van der Waals surface area contributed by atoms with Crippen molar-refractivity contribution in [3.05, 3.63) is 84.8 Å². The molecule has 6 rings (SSSR count). The standard InChI is InChI=1S/C32H30N6O2/c1-32(2,3)40-31(39)37-16-14-36(15-17-37)25-11-8-22(9-12-25)24-19-34-30-29(20-35-38(30)21-24)28-13-10-23(18-33)26-6-4-5-7-27(26)28/h4-13,19-21H,14-17H2,1-3H3. The molecule has 5 aromatic rings. The molecular weight excluding hydrogens is 500 g/mol. The van der Waals surface area contributed by atoms with Crippen LogP contribution < -0.4 is 4.90 Å². The van der Waals surface area contributed by atoms with E-state index in [1.807, 2.05) is 75.8 Å². The summed E-state index contributed by atoms with van der Waals surface area (Å²) in [4.78, 5) is 21.2. The lowest BCUT2D eigenvalue weighted by molar-refractivity contribution is 0.0240. The normalized spacial score (nSPS) is 13.9. The summed E-state index contributed by atoms with van der Waals surface area (Å²) in [5, 5.41) is 16.1. The SMILES string of the molecule is CC(C)(C)OC(=O)N1CCN(c2ccc(-c3cnc4c(-c5ccc(C#N)c6ccccc56)cnn4c3)cc2)CC1. The number of ether oxygens (including phenoxy) is 1. The molecule has 3 aromatic carbocycles. The lowest BCUT2D eigenvalue weighted by Crippen LogP contribution is -2.50. The molecule has 0 saturated carbocycles. The predicted octanol–water partition coefficient (Wildman–Crippen LogP) is 6.15. The Balaban J connectivity index is 1.20. The number of benzene rings is 3. The van der Waals surface area contributed by atoms with E-state index in [0.29, 0.717) is 18.7 Å². The van der Waals surface area contributed by atoms with E-state index < -0.39 is 5.60 Å². The van der Waals surface area contributed by atoms with Gasteiger partial charge in [-0.25, -0.2) is 14.3 Å². The van der Waals surface area contributed by atoms with Crippen LogP contribution in [0.2, 0.25) is 0 Å². The molecule has 0 aliphatic carbocycles. The number of hydrogen-bond acceptors (Lipinski definition) is 6. The molecule has 40 heavy (non-hydrogen) atoms. The predicted molar refractivity (Wildman–Crippen MR) is 156 cm³/mol. The first-order valence-corrected chi connectivity index (χ1v) is 13.4. The maximum Gasteiger partial charge on any atom is 0.410 e. The summed E-state index contributed by atoms with van der Waals surface area (Å²) >= 11 is 0. The molecule has 1 aliphatic rings. The van der Waals surface area contributed by atoms with Gasteiger partial charge in [0.2, 0.25) is 0 Å². The number of hydrogen-bond donors (Lipinski definition) is 0. The number of rotatable bonds is 3. The van der Waals surface area contributed by atoms with E-state index in [9.17, 15) is 10.1 Å². The van der Waals surface area contributed by atoms with Gasteiger partial charge in [-0.3, -0.25) is 0 Å². The fourth-order valence-corrected chi connectivity index (χ4v) is 5.18. The number of piperazine rings is 1. The zero-order valence-electron chi connectivity index (χ0n) is 22.8. The quantitative estimate of drug-likeness (QED) is 0.278. The van der Waals surface area contributed by atoms with Crippen molar-refractivity contribution in [3.63, 3.8) is 0 Å². The highest BCUT2D eigenvalue weighted by Crippen LogP contribution is 2.33. The number of nitriles is 1. The van der Waals surface area contributed by atoms with Crippen LogP contribution in [0.1, 0.15) is 26.3 Å². The summed E-state index contributed by atoms with van der Waals surface area (Å²) in [5.74, 6) is 0. The molecule has 2 aromatic heterocycles. The number of carbonyl (C=O) groups excluding carboxylic acids is 1. The first-order valence-electron chi connectivity index (χ1n) is 13.4. The van der Waals surface area contributed by atoms with Crippen molar-refractivity contribution < 1.29 is 9.53 Å². The van der Waals surface area contributed by atoms with Gasteiger partial charge in [-0.2, -0.15) is 10.4 Å². The number of nitrogens with zero attached hydrogens (tertiary/aromatic N) is 6. The second-order valence-corrected chi connectivity index (χ2v) is 11.0. The summed E-state index contributed by atoms with van der Waals surface area (Å²) in [6.07, 6.45) is 5.45. The summed E-state index contributed by atoms with van der Waals surface area (Å²) in [5.41, 5.74) is 5.99. The molecule has 1 saturated heterocycles. The Morgan fingerprint density at radius 1 is 0.875 bits per heavy atom. The summed E-state index contributed by atoms with van der Waals surface area (Å²) in [6, 6.07) is 22.5. The third kappa shape index (κ3) is 4.82. The van der Waals surface area contributed by atoms with E-state index in [-0.39, 0.29) is 6.09 Å². The van der Waals surface area contributed by atoms with Gasteiger partial charge in [0, 0.05) is 60.8 Å². The molecule has 0 bridgehead atoms. The van der Waals surface area contributed by atoms with E-state index >= 15 is 0 Å². The van der Waals surface area contributed by atoms with E-state index in [0.717, 1.165) is 57.5 Å². The molecule has 3 heterocycles. The van der Waals surface area contributed by atoms with Crippen LogP contribution in [0, 0.1) is 11.3 Å². The number of amides is 1. The van der Waals surface area contributed by atoms with E-state index in [4.69, 9.17) is 9.72 Å². The minimum Gasteiger partial charge on any atom is -0.444 e. The maximum atomic E-state index is 12.4. The molecule has 8 nitrogen and oxygen atoms in total. The van der Waals surface area contributed by atoms with Crippen LogP contribution in [0.15, 0.2) is 79.3 Å². The Morgan fingerprint density at radius 3 is 2.30 bits per heavy atom. The second kappa shape index (κ2) is 10.0. The lowest BCUT2D eigenvalue weighted by Gasteiger charge is -2.36. The van der Waals surface area contributed by atoms with Crippen LogP contribution in [-0.2, 0) is 4.74 Å².